The van der Waals surface area contributed by atoms with Gasteiger partial charge in [0.1, 0.15) is 0 Å². The van der Waals surface area contributed by atoms with Gasteiger partial charge in [-0.15, -0.1) is 0 Å². The lowest BCUT2D eigenvalue weighted by Crippen LogP contribution is -2.31. The quantitative estimate of drug-likeness (QED) is 0.826. The third kappa shape index (κ3) is 3.10. The monoisotopic (exact) mass is 231 g/mol. The van der Waals surface area contributed by atoms with Crippen LogP contribution < -0.4 is 5.32 Å². The van der Waals surface area contributed by atoms with Crippen molar-refractivity contribution in [3.8, 4) is 0 Å². The normalized spacial score (nSPS) is 18.5. The van der Waals surface area contributed by atoms with Crippen LogP contribution in [0.4, 0.5) is 0 Å². The number of hydrogen-bond donors (Lipinski definition) is 1. The Bertz CT molecular complexity index is 364. The lowest BCUT2D eigenvalue weighted by molar-refractivity contribution is 0.380. The highest BCUT2D eigenvalue weighted by molar-refractivity contribution is 5.32. The van der Waals surface area contributed by atoms with Gasteiger partial charge in [0.2, 0.25) is 0 Å². The molecule has 1 saturated carbocycles. The Morgan fingerprint density at radius 1 is 1.24 bits per heavy atom. The molecule has 1 aliphatic rings. The minimum atomic E-state index is 0.664. The van der Waals surface area contributed by atoms with Crippen molar-refractivity contribution < 1.29 is 0 Å². The molecule has 17 heavy (non-hydrogen) atoms. The molecular weight excluding hydrogens is 206 g/mol. The Labute approximate surface area is 106 Å². The molecule has 0 aliphatic heterocycles. The van der Waals surface area contributed by atoms with E-state index in [0.29, 0.717) is 6.04 Å². The molecule has 1 aliphatic carbocycles. The van der Waals surface area contributed by atoms with Gasteiger partial charge in [0.15, 0.2) is 0 Å². The maximum Gasteiger partial charge on any atom is 0.0210 e. The second-order valence-electron chi connectivity index (χ2n) is 5.57. The van der Waals surface area contributed by atoms with Crippen molar-refractivity contribution in [2.75, 3.05) is 0 Å². The predicted octanol–water partition coefficient (Wildman–Crippen LogP) is 3.97. The molecule has 1 fully saturated rings. The Hall–Kier alpha value is -0.820. The molecule has 0 bridgehead atoms. The molecule has 1 aromatic carbocycles. The van der Waals surface area contributed by atoms with Crippen LogP contribution in [0.3, 0.4) is 0 Å². The second kappa shape index (κ2) is 5.68. The molecule has 0 amide bonds. The van der Waals surface area contributed by atoms with E-state index >= 15 is 0 Å². The average molecular weight is 231 g/mol. The summed E-state index contributed by atoms with van der Waals surface area (Å²) in [7, 11) is 0. The molecule has 1 heteroatoms. The maximum absolute atomic E-state index is 3.71. The van der Waals surface area contributed by atoms with Crippen LogP contribution in [0, 0.1) is 19.8 Å². The van der Waals surface area contributed by atoms with E-state index in [0.717, 1.165) is 12.5 Å². The van der Waals surface area contributed by atoms with Crippen molar-refractivity contribution in [1.29, 1.82) is 0 Å². The smallest absolute Gasteiger partial charge is 0.0210 e. The molecule has 0 radical (unpaired) electrons. The summed E-state index contributed by atoms with van der Waals surface area (Å²) in [5, 5.41) is 3.71. The Morgan fingerprint density at radius 3 is 2.65 bits per heavy atom. The topological polar surface area (TPSA) is 12.0 Å². The summed E-state index contributed by atoms with van der Waals surface area (Å²) in [4.78, 5) is 0. The second-order valence-corrected chi connectivity index (χ2v) is 5.57. The first kappa shape index (κ1) is 12.6. The van der Waals surface area contributed by atoms with E-state index in [1.54, 1.807) is 0 Å². The van der Waals surface area contributed by atoms with Gasteiger partial charge in [0, 0.05) is 12.6 Å². The molecule has 0 heterocycles. The summed E-state index contributed by atoms with van der Waals surface area (Å²) in [6, 6.07) is 7.27. The standard InChI is InChI=1S/C16H25N/c1-12-7-6-10-16(13(12)2)11-17-14(3)15-8-4-5-9-15/h6-7,10,14-15,17H,4-5,8-9,11H2,1-3H3. The molecule has 0 aromatic heterocycles. The zero-order valence-corrected chi connectivity index (χ0v) is 11.4. The van der Waals surface area contributed by atoms with Crippen molar-refractivity contribution in [1.82, 2.24) is 5.32 Å². The number of aryl methyl sites for hydroxylation is 1. The first-order valence-electron chi connectivity index (χ1n) is 6.97. The third-order valence-corrected chi connectivity index (χ3v) is 4.44. The summed E-state index contributed by atoms with van der Waals surface area (Å²) >= 11 is 0. The van der Waals surface area contributed by atoms with Gasteiger partial charge in [-0.3, -0.25) is 0 Å². The maximum atomic E-state index is 3.71. The van der Waals surface area contributed by atoms with Gasteiger partial charge in [-0.1, -0.05) is 31.0 Å². The van der Waals surface area contributed by atoms with Crippen LogP contribution in [-0.2, 0) is 6.54 Å². The van der Waals surface area contributed by atoms with Crippen LogP contribution in [0.25, 0.3) is 0 Å². The van der Waals surface area contributed by atoms with Crippen molar-refractivity contribution in [2.24, 2.45) is 5.92 Å². The van der Waals surface area contributed by atoms with E-state index < -0.39 is 0 Å². The number of hydrogen-bond acceptors (Lipinski definition) is 1. The molecule has 1 N–H and O–H groups in total. The number of rotatable bonds is 4. The molecule has 2 rings (SSSR count). The van der Waals surface area contributed by atoms with E-state index in [1.807, 2.05) is 0 Å². The highest BCUT2D eigenvalue weighted by Crippen LogP contribution is 2.27. The summed E-state index contributed by atoms with van der Waals surface area (Å²) in [5.74, 6) is 0.903. The summed E-state index contributed by atoms with van der Waals surface area (Å²) in [6.07, 6.45) is 5.70. The Balaban J connectivity index is 1.90. The van der Waals surface area contributed by atoms with Gasteiger partial charge in [-0.05, 0) is 56.2 Å². The molecule has 94 valence electrons. The van der Waals surface area contributed by atoms with Gasteiger partial charge in [-0.2, -0.15) is 0 Å². The minimum absolute atomic E-state index is 0.664. The minimum Gasteiger partial charge on any atom is -0.310 e. The molecule has 1 nitrogen and oxygen atoms in total. The van der Waals surface area contributed by atoms with E-state index in [2.05, 4.69) is 44.3 Å². The predicted molar refractivity (Wildman–Crippen MR) is 74.2 cm³/mol. The molecule has 1 aromatic rings. The van der Waals surface area contributed by atoms with Gasteiger partial charge < -0.3 is 5.32 Å². The van der Waals surface area contributed by atoms with Crippen molar-refractivity contribution in [2.45, 2.75) is 59.0 Å². The van der Waals surface area contributed by atoms with Gasteiger partial charge >= 0.3 is 0 Å². The fourth-order valence-corrected chi connectivity index (χ4v) is 2.90. The highest BCUT2D eigenvalue weighted by Gasteiger charge is 2.20. The Morgan fingerprint density at radius 2 is 1.94 bits per heavy atom. The van der Waals surface area contributed by atoms with Gasteiger partial charge in [0.25, 0.3) is 0 Å². The summed E-state index contributed by atoms with van der Waals surface area (Å²) in [5.41, 5.74) is 4.30. The van der Waals surface area contributed by atoms with Crippen LogP contribution in [0.1, 0.15) is 49.3 Å². The fraction of sp³-hybridized carbons (Fsp3) is 0.625. The molecule has 0 spiro atoms. The summed E-state index contributed by atoms with van der Waals surface area (Å²) in [6.45, 7) is 7.79. The van der Waals surface area contributed by atoms with E-state index in [1.165, 1.54) is 42.4 Å². The first-order valence-corrected chi connectivity index (χ1v) is 6.97. The van der Waals surface area contributed by atoms with Crippen LogP contribution in [-0.4, -0.2) is 6.04 Å². The Kier molecular flexibility index (Phi) is 4.22. The summed E-state index contributed by atoms with van der Waals surface area (Å²) < 4.78 is 0. The lowest BCUT2D eigenvalue weighted by atomic mass is 9.98. The van der Waals surface area contributed by atoms with Gasteiger partial charge in [-0.25, -0.2) is 0 Å². The van der Waals surface area contributed by atoms with Crippen LogP contribution in [0.2, 0.25) is 0 Å². The van der Waals surface area contributed by atoms with Crippen LogP contribution in [0.5, 0.6) is 0 Å². The zero-order valence-electron chi connectivity index (χ0n) is 11.4. The zero-order chi connectivity index (χ0) is 12.3. The van der Waals surface area contributed by atoms with Crippen molar-refractivity contribution in [3.63, 3.8) is 0 Å². The average Bonchev–Trinajstić information content (AvgIpc) is 2.84. The lowest BCUT2D eigenvalue weighted by Gasteiger charge is -2.21. The number of nitrogens with one attached hydrogen (secondary N) is 1. The van der Waals surface area contributed by atoms with Crippen LogP contribution >= 0.6 is 0 Å². The van der Waals surface area contributed by atoms with E-state index in [-0.39, 0.29) is 0 Å². The highest BCUT2D eigenvalue weighted by atomic mass is 14.9. The molecular formula is C16H25N. The van der Waals surface area contributed by atoms with E-state index in [9.17, 15) is 0 Å². The largest absolute Gasteiger partial charge is 0.310 e. The molecule has 0 saturated heterocycles. The van der Waals surface area contributed by atoms with Crippen LogP contribution in [0.15, 0.2) is 18.2 Å². The van der Waals surface area contributed by atoms with Crippen molar-refractivity contribution in [3.05, 3.63) is 34.9 Å². The SMILES string of the molecule is Cc1cccc(CNC(C)C2CCCC2)c1C. The van der Waals surface area contributed by atoms with Gasteiger partial charge in [0.05, 0.1) is 0 Å². The third-order valence-electron chi connectivity index (χ3n) is 4.44. The fourth-order valence-electron chi connectivity index (χ4n) is 2.90. The first-order chi connectivity index (χ1) is 8.18. The molecule has 1 atom stereocenters. The number of benzene rings is 1. The van der Waals surface area contributed by atoms with E-state index in [4.69, 9.17) is 0 Å². The van der Waals surface area contributed by atoms with Crippen molar-refractivity contribution >= 4 is 0 Å². The molecule has 1 unspecified atom stereocenters.